The van der Waals surface area contributed by atoms with Crippen LogP contribution in [-0.2, 0) is 24.2 Å². The lowest BCUT2D eigenvalue weighted by Gasteiger charge is -2.18. The van der Waals surface area contributed by atoms with Gasteiger partial charge in [0.05, 0.1) is 6.54 Å². The molecule has 0 unspecified atom stereocenters. The van der Waals surface area contributed by atoms with Gasteiger partial charge in [0.2, 0.25) is 5.91 Å². The molecule has 0 fully saturated rings. The summed E-state index contributed by atoms with van der Waals surface area (Å²) in [5.74, 6) is 1.48. The molecule has 2 aromatic heterocycles. The molecule has 0 aliphatic heterocycles. The summed E-state index contributed by atoms with van der Waals surface area (Å²) in [5, 5.41) is 2.94. The molecule has 0 radical (unpaired) electrons. The molecular formula is C17H23N5O. The molecule has 1 N–H and O–H groups in total. The van der Waals surface area contributed by atoms with Crippen molar-refractivity contribution in [2.24, 2.45) is 0 Å². The molecule has 0 spiro atoms. The second kappa shape index (κ2) is 6.48. The van der Waals surface area contributed by atoms with E-state index in [2.05, 4.69) is 20.3 Å². The number of fused-ring (bicyclic) bond motifs is 1. The van der Waals surface area contributed by atoms with Crippen LogP contribution in [-0.4, -0.2) is 25.4 Å². The minimum atomic E-state index is -0.295. The lowest BCUT2D eigenvalue weighted by molar-refractivity contribution is -0.124. The highest BCUT2D eigenvalue weighted by atomic mass is 16.2. The minimum absolute atomic E-state index is 0.0509. The van der Waals surface area contributed by atoms with Gasteiger partial charge in [0, 0.05) is 23.8 Å². The van der Waals surface area contributed by atoms with Crippen molar-refractivity contribution in [1.29, 1.82) is 0 Å². The fourth-order valence-electron chi connectivity index (χ4n) is 3.16. The quantitative estimate of drug-likeness (QED) is 0.937. The van der Waals surface area contributed by atoms with E-state index in [4.69, 9.17) is 0 Å². The van der Waals surface area contributed by atoms with Crippen molar-refractivity contribution >= 4 is 5.91 Å². The van der Waals surface area contributed by atoms with Crippen LogP contribution in [0.25, 0.3) is 0 Å². The van der Waals surface area contributed by atoms with E-state index < -0.39 is 0 Å². The maximum absolute atomic E-state index is 12.3. The molecule has 1 aliphatic carbocycles. The predicted octanol–water partition coefficient (Wildman–Crippen LogP) is 2.05. The van der Waals surface area contributed by atoms with Crippen LogP contribution in [0.3, 0.4) is 0 Å². The van der Waals surface area contributed by atoms with Gasteiger partial charge in [0.15, 0.2) is 0 Å². The summed E-state index contributed by atoms with van der Waals surface area (Å²) in [5.41, 5.74) is 3.51. The molecule has 1 atom stereocenters. The summed E-state index contributed by atoms with van der Waals surface area (Å²) in [6.45, 7) is 6.16. The van der Waals surface area contributed by atoms with E-state index in [-0.39, 0.29) is 11.9 Å². The molecule has 0 bridgehead atoms. The first-order valence-electron chi connectivity index (χ1n) is 8.18. The highest BCUT2D eigenvalue weighted by Crippen LogP contribution is 2.21. The van der Waals surface area contributed by atoms with E-state index in [0.29, 0.717) is 12.4 Å². The summed E-state index contributed by atoms with van der Waals surface area (Å²) < 4.78 is 1.86. The first-order chi connectivity index (χ1) is 11.1. The molecule has 0 saturated carbocycles. The first kappa shape index (κ1) is 15.6. The number of hydrogen-bond acceptors (Lipinski definition) is 4. The summed E-state index contributed by atoms with van der Waals surface area (Å²) in [6, 6.07) is -0.295. The van der Waals surface area contributed by atoms with Crippen LogP contribution in [0.4, 0.5) is 0 Å². The largest absolute Gasteiger partial charge is 0.347 e. The number of carbonyl (C=O) groups excluding carboxylic acids is 1. The fraction of sp³-hybridized carbons (Fsp3) is 0.529. The van der Waals surface area contributed by atoms with Gasteiger partial charge in [-0.2, -0.15) is 0 Å². The van der Waals surface area contributed by atoms with Gasteiger partial charge in [-0.15, -0.1) is 0 Å². The Balaban J connectivity index is 1.67. The Morgan fingerprint density at radius 3 is 2.83 bits per heavy atom. The Morgan fingerprint density at radius 1 is 1.30 bits per heavy atom. The maximum Gasteiger partial charge on any atom is 0.243 e. The van der Waals surface area contributed by atoms with E-state index in [1.165, 1.54) is 18.4 Å². The Morgan fingerprint density at radius 2 is 2.09 bits per heavy atom. The first-order valence-corrected chi connectivity index (χ1v) is 8.18. The Kier molecular flexibility index (Phi) is 4.41. The molecular weight excluding hydrogens is 290 g/mol. The minimum Gasteiger partial charge on any atom is -0.347 e. The van der Waals surface area contributed by atoms with Crippen molar-refractivity contribution in [3.8, 4) is 0 Å². The topological polar surface area (TPSA) is 72.7 Å². The normalized spacial score (nSPS) is 15.1. The molecule has 1 aliphatic rings. The molecule has 2 aromatic rings. The van der Waals surface area contributed by atoms with E-state index in [9.17, 15) is 4.79 Å². The number of hydrogen-bond donors (Lipinski definition) is 1. The Bertz CT molecular complexity index is 722. The molecule has 1 amide bonds. The van der Waals surface area contributed by atoms with Crippen LogP contribution in [0.2, 0.25) is 0 Å². The molecule has 23 heavy (non-hydrogen) atoms. The highest BCUT2D eigenvalue weighted by Gasteiger charge is 2.18. The molecule has 0 aromatic carbocycles. The van der Waals surface area contributed by atoms with Crippen LogP contribution in [0.15, 0.2) is 12.4 Å². The zero-order valence-corrected chi connectivity index (χ0v) is 14.0. The average Bonchev–Trinajstić information content (AvgIpc) is 2.98. The summed E-state index contributed by atoms with van der Waals surface area (Å²) in [4.78, 5) is 25.7. The van der Waals surface area contributed by atoms with Gasteiger partial charge in [0.25, 0.3) is 0 Å². The monoisotopic (exact) mass is 313 g/mol. The van der Waals surface area contributed by atoms with Gasteiger partial charge in [-0.25, -0.2) is 15.0 Å². The molecule has 2 heterocycles. The number of nitrogens with one attached hydrogen (secondary N) is 1. The van der Waals surface area contributed by atoms with Crippen LogP contribution in [0.5, 0.6) is 0 Å². The standard InChI is InChI=1S/C17H23N5O/c1-11-14-6-4-5-7-15(14)21-16(20-11)10-19-17(23)12(2)22-9-8-18-13(22)3/h8-9,12H,4-7,10H2,1-3H3,(H,19,23)/t12-/m1/s1. The summed E-state index contributed by atoms with van der Waals surface area (Å²) in [7, 11) is 0. The zero-order valence-electron chi connectivity index (χ0n) is 14.0. The Labute approximate surface area is 136 Å². The van der Waals surface area contributed by atoms with Crippen molar-refractivity contribution in [3.05, 3.63) is 41.0 Å². The van der Waals surface area contributed by atoms with Crippen LogP contribution in [0.1, 0.15) is 54.4 Å². The van der Waals surface area contributed by atoms with E-state index >= 15 is 0 Å². The van der Waals surface area contributed by atoms with Gasteiger partial charge in [-0.1, -0.05) is 0 Å². The molecule has 6 heteroatoms. The predicted molar refractivity (Wildman–Crippen MR) is 86.9 cm³/mol. The van der Waals surface area contributed by atoms with Crippen molar-refractivity contribution in [1.82, 2.24) is 24.8 Å². The number of imidazole rings is 1. The van der Waals surface area contributed by atoms with E-state index in [1.54, 1.807) is 6.20 Å². The third kappa shape index (κ3) is 3.25. The summed E-state index contributed by atoms with van der Waals surface area (Å²) in [6.07, 6.45) is 8.02. The lowest BCUT2D eigenvalue weighted by atomic mass is 9.95. The molecule has 3 rings (SSSR count). The van der Waals surface area contributed by atoms with Gasteiger partial charge in [-0.05, 0) is 52.0 Å². The van der Waals surface area contributed by atoms with Crippen LogP contribution < -0.4 is 5.32 Å². The van der Waals surface area contributed by atoms with E-state index in [0.717, 1.165) is 30.1 Å². The average molecular weight is 313 g/mol. The SMILES string of the molecule is Cc1nc(CNC(=O)[C@@H](C)n2ccnc2C)nc2c1CCCC2. The van der Waals surface area contributed by atoms with Crippen molar-refractivity contribution in [2.75, 3.05) is 0 Å². The third-order valence-electron chi connectivity index (χ3n) is 4.52. The second-order valence-corrected chi connectivity index (χ2v) is 6.13. The maximum atomic E-state index is 12.3. The van der Waals surface area contributed by atoms with Crippen LogP contribution >= 0.6 is 0 Å². The molecule has 0 saturated heterocycles. The van der Waals surface area contributed by atoms with Gasteiger partial charge in [-0.3, -0.25) is 4.79 Å². The van der Waals surface area contributed by atoms with Gasteiger partial charge < -0.3 is 9.88 Å². The number of amides is 1. The summed E-state index contributed by atoms with van der Waals surface area (Å²) >= 11 is 0. The Hall–Kier alpha value is -2.24. The molecule has 122 valence electrons. The number of aromatic nitrogens is 4. The number of nitrogens with zero attached hydrogens (tertiary/aromatic N) is 4. The lowest BCUT2D eigenvalue weighted by Crippen LogP contribution is -2.31. The highest BCUT2D eigenvalue weighted by molar-refractivity contribution is 5.79. The van der Waals surface area contributed by atoms with Crippen molar-refractivity contribution in [2.45, 2.75) is 59.0 Å². The number of aryl methyl sites for hydroxylation is 3. The zero-order chi connectivity index (χ0) is 16.4. The molecule has 6 nitrogen and oxygen atoms in total. The number of carbonyl (C=O) groups is 1. The fourth-order valence-corrected chi connectivity index (χ4v) is 3.16. The van der Waals surface area contributed by atoms with Crippen LogP contribution in [0, 0.1) is 13.8 Å². The second-order valence-electron chi connectivity index (χ2n) is 6.13. The smallest absolute Gasteiger partial charge is 0.243 e. The number of rotatable bonds is 4. The van der Waals surface area contributed by atoms with Gasteiger partial charge in [0.1, 0.15) is 17.7 Å². The third-order valence-corrected chi connectivity index (χ3v) is 4.52. The van der Waals surface area contributed by atoms with E-state index in [1.807, 2.05) is 31.5 Å². The van der Waals surface area contributed by atoms with Crippen molar-refractivity contribution < 1.29 is 4.79 Å². The van der Waals surface area contributed by atoms with Crippen molar-refractivity contribution in [3.63, 3.8) is 0 Å². The van der Waals surface area contributed by atoms with Gasteiger partial charge >= 0.3 is 0 Å².